The number of amides is 1. The van der Waals surface area contributed by atoms with E-state index in [0.717, 1.165) is 30.6 Å². The number of fused-ring (bicyclic) bond motifs is 1. The maximum atomic E-state index is 13.2. The minimum absolute atomic E-state index is 0.0649. The summed E-state index contributed by atoms with van der Waals surface area (Å²) >= 11 is 0. The summed E-state index contributed by atoms with van der Waals surface area (Å²) in [5.41, 5.74) is 2.25. The minimum Gasteiger partial charge on any atom is -0.365 e. The van der Waals surface area contributed by atoms with Crippen LogP contribution in [0.4, 0.5) is 5.69 Å². The molecule has 152 valence electrons. The molecule has 0 unspecified atom stereocenters. The van der Waals surface area contributed by atoms with Gasteiger partial charge in [0.05, 0.1) is 23.7 Å². The fraction of sp³-hybridized carbons (Fsp3) is 0.500. The molecule has 0 aliphatic carbocycles. The van der Waals surface area contributed by atoms with Gasteiger partial charge in [0, 0.05) is 49.5 Å². The zero-order valence-corrected chi connectivity index (χ0v) is 17.0. The summed E-state index contributed by atoms with van der Waals surface area (Å²) in [7, 11) is 0. The van der Waals surface area contributed by atoms with Crippen LogP contribution in [0.1, 0.15) is 25.8 Å². The number of hydrogen-bond donors (Lipinski definition) is 1. The van der Waals surface area contributed by atoms with Gasteiger partial charge in [0.1, 0.15) is 6.07 Å². The number of nitrogens with zero attached hydrogens (tertiary/aromatic N) is 4. The third-order valence-electron chi connectivity index (χ3n) is 5.80. The first-order valence-electron chi connectivity index (χ1n) is 10.3. The first kappa shape index (κ1) is 19.6. The van der Waals surface area contributed by atoms with Crippen molar-refractivity contribution in [1.82, 2.24) is 15.2 Å². The van der Waals surface area contributed by atoms with E-state index in [9.17, 15) is 10.1 Å². The van der Waals surface area contributed by atoms with E-state index in [0.29, 0.717) is 36.8 Å². The van der Waals surface area contributed by atoms with Gasteiger partial charge in [0.15, 0.2) is 6.10 Å². The molecule has 3 heterocycles. The van der Waals surface area contributed by atoms with Crippen LogP contribution in [0.3, 0.4) is 0 Å². The average Bonchev–Trinajstić information content (AvgIpc) is 2.77. The van der Waals surface area contributed by atoms with Gasteiger partial charge in [-0.2, -0.15) is 5.26 Å². The summed E-state index contributed by atoms with van der Waals surface area (Å²) in [4.78, 5) is 21.7. The Bertz CT molecular complexity index is 940. The molecule has 2 aliphatic rings. The number of anilines is 1. The number of pyridine rings is 1. The molecule has 7 nitrogen and oxygen atoms in total. The third kappa shape index (κ3) is 3.91. The van der Waals surface area contributed by atoms with Crippen LogP contribution in [0, 0.1) is 11.3 Å². The van der Waals surface area contributed by atoms with Crippen molar-refractivity contribution in [2.45, 2.75) is 38.5 Å². The first-order valence-corrected chi connectivity index (χ1v) is 10.3. The highest BCUT2D eigenvalue weighted by atomic mass is 16.5. The Hall–Kier alpha value is -2.69. The number of rotatable bonds is 3. The predicted molar refractivity (Wildman–Crippen MR) is 112 cm³/mol. The summed E-state index contributed by atoms with van der Waals surface area (Å²) in [6.45, 7) is 7.60. The van der Waals surface area contributed by atoms with Gasteiger partial charge in [0.2, 0.25) is 0 Å². The molecule has 0 bridgehead atoms. The SMILES string of the molecule is CC[C@H]1CN(C(=O)[C@H]2CN(c3ccc(C#N)c4ncccc34)C[C@@H](C)O2)CCN1. The fourth-order valence-corrected chi connectivity index (χ4v) is 4.31. The van der Waals surface area contributed by atoms with Gasteiger partial charge >= 0.3 is 0 Å². The van der Waals surface area contributed by atoms with Crippen LogP contribution in [0.2, 0.25) is 0 Å². The lowest BCUT2D eigenvalue weighted by atomic mass is 10.1. The number of ether oxygens (including phenoxy) is 1. The van der Waals surface area contributed by atoms with E-state index >= 15 is 0 Å². The normalized spacial score (nSPS) is 25.1. The molecular weight excluding hydrogens is 366 g/mol. The van der Waals surface area contributed by atoms with E-state index in [1.165, 1.54) is 0 Å². The Kier molecular flexibility index (Phi) is 5.65. The maximum Gasteiger partial charge on any atom is 0.253 e. The summed E-state index contributed by atoms with van der Waals surface area (Å²) < 4.78 is 6.06. The lowest BCUT2D eigenvalue weighted by Gasteiger charge is -2.41. The molecule has 2 saturated heterocycles. The number of nitrogens with one attached hydrogen (secondary N) is 1. The van der Waals surface area contributed by atoms with Crippen LogP contribution in [-0.2, 0) is 9.53 Å². The molecule has 4 rings (SSSR count). The number of hydrogen-bond acceptors (Lipinski definition) is 6. The monoisotopic (exact) mass is 393 g/mol. The van der Waals surface area contributed by atoms with E-state index < -0.39 is 6.10 Å². The minimum atomic E-state index is -0.489. The Labute approximate surface area is 171 Å². The van der Waals surface area contributed by atoms with E-state index in [2.05, 4.69) is 28.2 Å². The number of benzene rings is 1. The van der Waals surface area contributed by atoms with E-state index in [1.807, 2.05) is 36.1 Å². The van der Waals surface area contributed by atoms with Gasteiger partial charge in [-0.15, -0.1) is 0 Å². The van der Waals surface area contributed by atoms with Crippen LogP contribution >= 0.6 is 0 Å². The molecule has 29 heavy (non-hydrogen) atoms. The van der Waals surface area contributed by atoms with Crippen molar-refractivity contribution in [1.29, 1.82) is 5.26 Å². The number of morpholine rings is 1. The molecule has 1 aromatic carbocycles. The standard InChI is InChI=1S/C22H27N5O2/c1-3-17-13-26(10-9-24-17)22(28)20-14-27(12-15(2)29-20)19-7-6-16(11-23)21-18(19)5-4-8-25-21/h4-8,15,17,20,24H,3,9-10,12-14H2,1-2H3/t15-,17+,20-/m1/s1. The number of piperazine rings is 1. The third-order valence-corrected chi connectivity index (χ3v) is 5.80. The molecule has 2 fully saturated rings. The van der Waals surface area contributed by atoms with E-state index in [-0.39, 0.29) is 12.0 Å². The van der Waals surface area contributed by atoms with Crippen molar-refractivity contribution in [2.75, 3.05) is 37.6 Å². The smallest absolute Gasteiger partial charge is 0.253 e. The fourth-order valence-electron chi connectivity index (χ4n) is 4.31. The van der Waals surface area contributed by atoms with Crippen LogP contribution in [0.15, 0.2) is 30.5 Å². The number of carbonyl (C=O) groups excluding carboxylic acids is 1. The molecule has 2 aliphatic heterocycles. The second-order valence-corrected chi connectivity index (χ2v) is 7.83. The van der Waals surface area contributed by atoms with Crippen LogP contribution in [0.5, 0.6) is 0 Å². The highest BCUT2D eigenvalue weighted by Gasteiger charge is 2.35. The molecule has 3 atom stereocenters. The van der Waals surface area contributed by atoms with Crippen LogP contribution in [0.25, 0.3) is 10.9 Å². The topological polar surface area (TPSA) is 81.5 Å². The van der Waals surface area contributed by atoms with E-state index in [1.54, 1.807) is 6.20 Å². The molecule has 0 spiro atoms. The first-order chi connectivity index (χ1) is 14.1. The molecule has 1 amide bonds. The zero-order valence-electron chi connectivity index (χ0n) is 17.0. The van der Waals surface area contributed by atoms with Gasteiger partial charge < -0.3 is 19.9 Å². The summed E-state index contributed by atoms with van der Waals surface area (Å²) in [5.74, 6) is 0.0672. The van der Waals surface area contributed by atoms with Crippen molar-refractivity contribution in [3.8, 4) is 6.07 Å². The van der Waals surface area contributed by atoms with Gasteiger partial charge in [-0.05, 0) is 37.6 Å². The average molecular weight is 393 g/mol. The van der Waals surface area contributed by atoms with Gasteiger partial charge in [-0.1, -0.05) is 6.92 Å². The number of carbonyl (C=O) groups is 1. The lowest BCUT2D eigenvalue weighted by molar-refractivity contribution is -0.149. The molecule has 2 aromatic rings. The number of aromatic nitrogens is 1. The highest BCUT2D eigenvalue weighted by molar-refractivity contribution is 5.95. The lowest BCUT2D eigenvalue weighted by Crippen LogP contribution is -2.58. The Morgan fingerprint density at radius 2 is 2.21 bits per heavy atom. The van der Waals surface area contributed by atoms with Crippen molar-refractivity contribution in [3.05, 3.63) is 36.0 Å². The molecule has 7 heteroatoms. The molecule has 1 N–H and O–H groups in total. The van der Waals surface area contributed by atoms with Gasteiger partial charge in [-0.3, -0.25) is 9.78 Å². The van der Waals surface area contributed by atoms with Crippen molar-refractivity contribution < 1.29 is 9.53 Å². The molecular formula is C22H27N5O2. The molecule has 0 saturated carbocycles. The zero-order chi connectivity index (χ0) is 20.4. The van der Waals surface area contributed by atoms with E-state index in [4.69, 9.17) is 4.74 Å². The molecule has 1 aromatic heterocycles. The quantitative estimate of drug-likeness (QED) is 0.858. The maximum absolute atomic E-state index is 13.2. The second kappa shape index (κ2) is 8.36. The van der Waals surface area contributed by atoms with Gasteiger partial charge in [-0.25, -0.2) is 0 Å². The Morgan fingerprint density at radius 3 is 3.00 bits per heavy atom. The van der Waals surface area contributed by atoms with Crippen molar-refractivity contribution in [2.24, 2.45) is 0 Å². The largest absolute Gasteiger partial charge is 0.365 e. The number of nitriles is 1. The summed E-state index contributed by atoms with van der Waals surface area (Å²) in [6.07, 6.45) is 2.15. The van der Waals surface area contributed by atoms with Crippen molar-refractivity contribution >= 4 is 22.5 Å². The highest BCUT2D eigenvalue weighted by Crippen LogP contribution is 2.30. The summed E-state index contributed by atoms with van der Waals surface area (Å²) in [6, 6.07) is 10.2. The Balaban J connectivity index is 1.59. The molecule has 0 radical (unpaired) electrons. The predicted octanol–water partition coefficient (Wildman–Crippen LogP) is 1.91. The van der Waals surface area contributed by atoms with Crippen LogP contribution < -0.4 is 10.2 Å². The van der Waals surface area contributed by atoms with Crippen LogP contribution in [-0.4, -0.2) is 66.8 Å². The second-order valence-electron chi connectivity index (χ2n) is 7.83. The van der Waals surface area contributed by atoms with Gasteiger partial charge in [0.25, 0.3) is 5.91 Å². The van der Waals surface area contributed by atoms with Crippen molar-refractivity contribution in [3.63, 3.8) is 0 Å². The summed E-state index contributed by atoms with van der Waals surface area (Å²) in [5, 5.41) is 13.8. The Morgan fingerprint density at radius 1 is 1.34 bits per heavy atom.